The number of methoxy groups -OCH3 is 1. The molecule has 136 valence electrons. The van der Waals surface area contributed by atoms with E-state index in [0.29, 0.717) is 24.4 Å². The molecule has 0 bridgehead atoms. The van der Waals surface area contributed by atoms with Crippen LogP contribution in [0.1, 0.15) is 20.7 Å². The number of carbonyl (C=O) groups is 2. The van der Waals surface area contributed by atoms with Crippen LogP contribution >= 0.6 is 0 Å². The Hall–Kier alpha value is -2.96. The number of hydrogen-bond donors (Lipinski definition) is 0. The van der Waals surface area contributed by atoms with Crippen LogP contribution in [0, 0.1) is 11.6 Å². The van der Waals surface area contributed by atoms with Gasteiger partial charge in [-0.3, -0.25) is 9.59 Å². The molecule has 0 saturated carbocycles. The van der Waals surface area contributed by atoms with Crippen molar-refractivity contribution in [3.63, 3.8) is 0 Å². The van der Waals surface area contributed by atoms with Crippen molar-refractivity contribution in [2.24, 2.45) is 0 Å². The van der Waals surface area contributed by atoms with E-state index in [1.165, 1.54) is 4.90 Å². The van der Waals surface area contributed by atoms with E-state index >= 15 is 0 Å². The summed E-state index contributed by atoms with van der Waals surface area (Å²) in [5.74, 6) is -1.47. The van der Waals surface area contributed by atoms with Crippen molar-refractivity contribution in [2.75, 3.05) is 33.3 Å². The molecule has 0 unspecified atom stereocenters. The average molecular weight is 360 g/mol. The lowest BCUT2D eigenvalue weighted by molar-refractivity contribution is 0.0532. The van der Waals surface area contributed by atoms with Crippen molar-refractivity contribution in [1.29, 1.82) is 0 Å². The van der Waals surface area contributed by atoms with Crippen LogP contribution in [0.25, 0.3) is 0 Å². The number of halogens is 2. The zero-order valence-corrected chi connectivity index (χ0v) is 14.2. The zero-order chi connectivity index (χ0) is 18.7. The molecule has 2 amide bonds. The number of amides is 2. The van der Waals surface area contributed by atoms with Crippen LogP contribution < -0.4 is 4.74 Å². The highest BCUT2D eigenvalue weighted by atomic mass is 19.1. The van der Waals surface area contributed by atoms with Crippen LogP contribution in [-0.4, -0.2) is 54.9 Å². The summed E-state index contributed by atoms with van der Waals surface area (Å²) in [6.45, 7) is 1.18. The van der Waals surface area contributed by atoms with Crippen LogP contribution in [0.3, 0.4) is 0 Å². The first-order valence-electron chi connectivity index (χ1n) is 8.17. The fourth-order valence-corrected chi connectivity index (χ4v) is 2.86. The molecular formula is C19H18F2N2O3. The van der Waals surface area contributed by atoms with Gasteiger partial charge in [0, 0.05) is 31.7 Å². The van der Waals surface area contributed by atoms with Crippen LogP contribution in [0.5, 0.6) is 5.75 Å². The summed E-state index contributed by atoms with van der Waals surface area (Å²) in [7, 11) is 1.55. The predicted octanol–water partition coefficient (Wildman–Crippen LogP) is 2.57. The summed E-state index contributed by atoms with van der Waals surface area (Å²) in [5.41, 5.74) is 0.238. The van der Waals surface area contributed by atoms with Gasteiger partial charge in [-0.15, -0.1) is 0 Å². The van der Waals surface area contributed by atoms with Crippen molar-refractivity contribution in [3.8, 4) is 5.75 Å². The Morgan fingerprint density at radius 1 is 0.885 bits per heavy atom. The van der Waals surface area contributed by atoms with Gasteiger partial charge in [0.1, 0.15) is 17.4 Å². The van der Waals surface area contributed by atoms with Gasteiger partial charge >= 0.3 is 0 Å². The molecule has 0 radical (unpaired) electrons. The van der Waals surface area contributed by atoms with Crippen LogP contribution in [0.15, 0.2) is 42.5 Å². The lowest BCUT2D eigenvalue weighted by Gasteiger charge is -2.35. The second-order valence-corrected chi connectivity index (χ2v) is 5.94. The van der Waals surface area contributed by atoms with Crippen molar-refractivity contribution >= 4 is 11.8 Å². The van der Waals surface area contributed by atoms with Crippen molar-refractivity contribution < 1.29 is 23.1 Å². The SMILES string of the molecule is COc1ccc(C(=O)N2CCN(C(=O)c3cc(F)ccc3F)CC2)cc1. The maximum Gasteiger partial charge on any atom is 0.257 e. The summed E-state index contributed by atoms with van der Waals surface area (Å²) in [6, 6.07) is 9.58. The lowest BCUT2D eigenvalue weighted by atomic mass is 10.1. The van der Waals surface area contributed by atoms with Gasteiger partial charge in [0.05, 0.1) is 12.7 Å². The average Bonchev–Trinajstić information content (AvgIpc) is 2.69. The summed E-state index contributed by atoms with van der Waals surface area (Å²) in [6.07, 6.45) is 0. The molecule has 0 N–H and O–H groups in total. The molecule has 26 heavy (non-hydrogen) atoms. The molecule has 2 aromatic carbocycles. The molecule has 2 aromatic rings. The lowest BCUT2D eigenvalue weighted by Crippen LogP contribution is -2.50. The molecular weight excluding hydrogens is 342 g/mol. The third-order valence-corrected chi connectivity index (χ3v) is 4.35. The van der Waals surface area contributed by atoms with E-state index in [4.69, 9.17) is 4.74 Å². The Bertz CT molecular complexity index is 816. The topological polar surface area (TPSA) is 49.9 Å². The highest BCUT2D eigenvalue weighted by Gasteiger charge is 2.27. The number of benzene rings is 2. The molecule has 1 aliphatic rings. The summed E-state index contributed by atoms with van der Waals surface area (Å²) >= 11 is 0. The van der Waals surface area contributed by atoms with Gasteiger partial charge in [0.25, 0.3) is 11.8 Å². The number of hydrogen-bond acceptors (Lipinski definition) is 3. The molecule has 1 fully saturated rings. The van der Waals surface area contributed by atoms with E-state index in [9.17, 15) is 18.4 Å². The van der Waals surface area contributed by atoms with Crippen LogP contribution in [0.4, 0.5) is 8.78 Å². The second kappa shape index (κ2) is 7.51. The summed E-state index contributed by atoms with van der Waals surface area (Å²) in [5, 5.41) is 0. The molecule has 0 aliphatic carbocycles. The maximum absolute atomic E-state index is 13.8. The van der Waals surface area contributed by atoms with E-state index in [0.717, 1.165) is 18.2 Å². The van der Waals surface area contributed by atoms with Gasteiger partial charge in [-0.25, -0.2) is 8.78 Å². The Morgan fingerprint density at radius 2 is 1.46 bits per heavy atom. The molecule has 1 saturated heterocycles. The number of rotatable bonds is 3. The monoisotopic (exact) mass is 360 g/mol. The quantitative estimate of drug-likeness (QED) is 0.845. The minimum Gasteiger partial charge on any atom is -0.497 e. The fourth-order valence-electron chi connectivity index (χ4n) is 2.86. The molecule has 0 spiro atoms. The smallest absolute Gasteiger partial charge is 0.257 e. The van der Waals surface area contributed by atoms with Gasteiger partial charge in [0.2, 0.25) is 0 Å². The van der Waals surface area contributed by atoms with Gasteiger partial charge in [-0.1, -0.05) is 0 Å². The van der Waals surface area contributed by atoms with Crippen LogP contribution in [-0.2, 0) is 0 Å². The largest absolute Gasteiger partial charge is 0.497 e. The fraction of sp³-hybridized carbons (Fsp3) is 0.263. The standard InChI is InChI=1S/C19H18F2N2O3/c1-26-15-5-2-13(3-6-15)18(24)22-8-10-23(11-9-22)19(25)16-12-14(20)4-7-17(16)21/h2-7,12H,8-11H2,1H3. The van der Waals surface area contributed by atoms with E-state index < -0.39 is 17.5 Å². The first-order chi connectivity index (χ1) is 12.5. The first-order valence-corrected chi connectivity index (χ1v) is 8.17. The van der Waals surface area contributed by atoms with Gasteiger partial charge in [-0.05, 0) is 42.5 Å². The molecule has 3 rings (SSSR count). The van der Waals surface area contributed by atoms with Crippen LogP contribution in [0.2, 0.25) is 0 Å². The molecule has 7 heteroatoms. The Kier molecular flexibility index (Phi) is 5.16. The zero-order valence-electron chi connectivity index (χ0n) is 14.2. The predicted molar refractivity (Wildman–Crippen MR) is 91.2 cm³/mol. The van der Waals surface area contributed by atoms with Gasteiger partial charge in [0.15, 0.2) is 0 Å². The minimum atomic E-state index is -0.756. The minimum absolute atomic E-state index is 0.142. The van der Waals surface area contributed by atoms with E-state index in [1.54, 1.807) is 36.3 Å². The van der Waals surface area contributed by atoms with Crippen molar-refractivity contribution in [1.82, 2.24) is 9.80 Å². The van der Waals surface area contributed by atoms with Crippen molar-refractivity contribution in [3.05, 3.63) is 65.2 Å². The number of ether oxygens (including phenoxy) is 1. The van der Waals surface area contributed by atoms with E-state index in [1.807, 2.05) is 0 Å². The second-order valence-electron chi connectivity index (χ2n) is 5.94. The van der Waals surface area contributed by atoms with Gasteiger partial charge in [-0.2, -0.15) is 0 Å². The van der Waals surface area contributed by atoms with Crippen molar-refractivity contribution in [2.45, 2.75) is 0 Å². The normalized spacial score (nSPS) is 14.3. The number of nitrogens with zero attached hydrogens (tertiary/aromatic N) is 2. The Morgan fingerprint density at radius 3 is 2.04 bits per heavy atom. The molecule has 0 atom stereocenters. The Labute approximate surface area is 149 Å². The number of carbonyl (C=O) groups excluding carboxylic acids is 2. The third kappa shape index (κ3) is 3.66. The maximum atomic E-state index is 13.8. The first kappa shape index (κ1) is 17.8. The summed E-state index contributed by atoms with van der Waals surface area (Å²) in [4.78, 5) is 28.0. The van der Waals surface area contributed by atoms with E-state index in [2.05, 4.69) is 0 Å². The van der Waals surface area contributed by atoms with E-state index in [-0.39, 0.29) is 24.6 Å². The number of piperazine rings is 1. The molecule has 0 aromatic heterocycles. The highest BCUT2D eigenvalue weighted by molar-refractivity contribution is 5.96. The molecule has 5 nitrogen and oxygen atoms in total. The third-order valence-electron chi connectivity index (χ3n) is 4.35. The molecule has 1 heterocycles. The van der Waals surface area contributed by atoms with Gasteiger partial charge < -0.3 is 14.5 Å². The molecule has 1 aliphatic heterocycles. The highest BCUT2D eigenvalue weighted by Crippen LogP contribution is 2.17. The Balaban J connectivity index is 1.64. The summed E-state index contributed by atoms with van der Waals surface area (Å²) < 4.78 is 32.1.